The quantitative estimate of drug-likeness (QED) is 0.856. The SMILES string of the molecule is COC(=O)c1csc([C@H](C)C2CCNCC2)c1C. The first-order valence-corrected chi connectivity index (χ1v) is 7.40. The molecule has 2 heterocycles. The molecule has 0 saturated carbocycles. The molecule has 1 aromatic rings. The van der Waals surface area contributed by atoms with E-state index in [1.54, 1.807) is 11.3 Å². The fourth-order valence-electron chi connectivity index (χ4n) is 2.75. The highest BCUT2D eigenvalue weighted by Gasteiger charge is 2.25. The van der Waals surface area contributed by atoms with Gasteiger partial charge in [0.2, 0.25) is 0 Å². The first-order chi connectivity index (χ1) is 8.65. The molecule has 1 atom stereocenters. The van der Waals surface area contributed by atoms with Crippen LogP contribution in [0.1, 0.15) is 46.5 Å². The van der Waals surface area contributed by atoms with Gasteiger partial charge < -0.3 is 10.1 Å². The Morgan fingerprint density at radius 2 is 2.17 bits per heavy atom. The van der Waals surface area contributed by atoms with Crippen molar-refractivity contribution in [3.63, 3.8) is 0 Å². The molecular formula is C14H21NO2S. The predicted octanol–water partition coefficient (Wildman–Crippen LogP) is 2.95. The Morgan fingerprint density at radius 3 is 2.78 bits per heavy atom. The fraction of sp³-hybridized carbons (Fsp3) is 0.643. The van der Waals surface area contributed by atoms with E-state index in [0.717, 1.165) is 30.1 Å². The van der Waals surface area contributed by atoms with Crippen LogP contribution in [-0.2, 0) is 4.74 Å². The second kappa shape index (κ2) is 5.85. The summed E-state index contributed by atoms with van der Waals surface area (Å²) in [6.07, 6.45) is 2.46. The summed E-state index contributed by atoms with van der Waals surface area (Å²) in [5, 5.41) is 5.34. The number of nitrogens with one attached hydrogen (secondary N) is 1. The van der Waals surface area contributed by atoms with Crippen LogP contribution in [0.25, 0.3) is 0 Å². The summed E-state index contributed by atoms with van der Waals surface area (Å²) in [7, 11) is 1.44. The van der Waals surface area contributed by atoms with Gasteiger partial charge in [0, 0.05) is 10.3 Å². The van der Waals surface area contributed by atoms with Crippen LogP contribution < -0.4 is 5.32 Å². The lowest BCUT2D eigenvalue weighted by molar-refractivity contribution is 0.0600. The molecule has 0 unspecified atom stereocenters. The molecule has 0 radical (unpaired) electrons. The molecule has 1 saturated heterocycles. The van der Waals surface area contributed by atoms with Gasteiger partial charge in [0.15, 0.2) is 0 Å². The normalized spacial score (nSPS) is 18.6. The topological polar surface area (TPSA) is 38.3 Å². The Balaban J connectivity index is 2.17. The molecule has 0 amide bonds. The number of hydrogen-bond acceptors (Lipinski definition) is 4. The molecule has 18 heavy (non-hydrogen) atoms. The molecule has 0 bridgehead atoms. The van der Waals surface area contributed by atoms with Crippen molar-refractivity contribution < 1.29 is 9.53 Å². The average molecular weight is 267 g/mol. The molecular weight excluding hydrogens is 246 g/mol. The molecule has 100 valence electrons. The molecule has 0 spiro atoms. The molecule has 1 aliphatic heterocycles. The standard InChI is InChI=1S/C14H21NO2S/c1-9(11-4-6-15-7-5-11)13-10(2)12(8-18-13)14(16)17-3/h8-9,11,15H,4-7H2,1-3H3/t9-/m1/s1. The predicted molar refractivity (Wildman–Crippen MR) is 74.4 cm³/mol. The number of esters is 1. The van der Waals surface area contributed by atoms with Crippen molar-refractivity contribution in [2.24, 2.45) is 5.92 Å². The van der Waals surface area contributed by atoms with Gasteiger partial charge in [0.1, 0.15) is 0 Å². The van der Waals surface area contributed by atoms with Crippen molar-refractivity contribution >= 4 is 17.3 Å². The minimum absolute atomic E-state index is 0.215. The Morgan fingerprint density at radius 1 is 1.50 bits per heavy atom. The molecule has 0 aromatic carbocycles. The third kappa shape index (κ3) is 2.59. The summed E-state index contributed by atoms with van der Waals surface area (Å²) in [5.74, 6) is 1.05. The number of carbonyl (C=O) groups is 1. The number of carbonyl (C=O) groups excluding carboxylic acids is 1. The van der Waals surface area contributed by atoms with E-state index >= 15 is 0 Å². The van der Waals surface area contributed by atoms with Gasteiger partial charge in [-0.25, -0.2) is 4.79 Å². The third-order valence-corrected chi connectivity index (χ3v) is 5.27. The number of thiophene rings is 1. The summed E-state index contributed by atoms with van der Waals surface area (Å²) >= 11 is 1.70. The van der Waals surface area contributed by atoms with Gasteiger partial charge in [-0.3, -0.25) is 0 Å². The second-order valence-electron chi connectivity index (χ2n) is 5.01. The van der Waals surface area contributed by atoms with E-state index in [2.05, 4.69) is 12.2 Å². The fourth-order valence-corrected chi connectivity index (χ4v) is 3.96. The van der Waals surface area contributed by atoms with Crippen molar-refractivity contribution in [2.45, 2.75) is 32.6 Å². The van der Waals surface area contributed by atoms with Gasteiger partial charge >= 0.3 is 5.97 Å². The first kappa shape index (κ1) is 13.6. The van der Waals surface area contributed by atoms with Crippen molar-refractivity contribution in [1.29, 1.82) is 0 Å². The van der Waals surface area contributed by atoms with Crippen molar-refractivity contribution in [1.82, 2.24) is 5.32 Å². The van der Waals surface area contributed by atoms with Gasteiger partial charge in [-0.05, 0) is 50.3 Å². The summed E-state index contributed by atoms with van der Waals surface area (Å²) in [6, 6.07) is 0. The van der Waals surface area contributed by atoms with E-state index < -0.39 is 0 Å². The summed E-state index contributed by atoms with van der Waals surface area (Å²) in [6.45, 7) is 6.55. The van der Waals surface area contributed by atoms with Crippen LogP contribution in [0.3, 0.4) is 0 Å². The summed E-state index contributed by atoms with van der Waals surface area (Å²) < 4.78 is 4.81. The van der Waals surface area contributed by atoms with Gasteiger partial charge in [-0.2, -0.15) is 0 Å². The minimum Gasteiger partial charge on any atom is -0.465 e. The van der Waals surface area contributed by atoms with Crippen molar-refractivity contribution in [3.8, 4) is 0 Å². The Bertz CT molecular complexity index is 421. The van der Waals surface area contributed by atoms with Gasteiger partial charge in [-0.1, -0.05) is 6.92 Å². The maximum atomic E-state index is 11.6. The molecule has 3 nitrogen and oxygen atoms in total. The largest absolute Gasteiger partial charge is 0.465 e. The van der Waals surface area contributed by atoms with Crippen molar-refractivity contribution in [3.05, 3.63) is 21.4 Å². The molecule has 0 aliphatic carbocycles. The summed E-state index contributed by atoms with van der Waals surface area (Å²) in [4.78, 5) is 13.0. The zero-order valence-electron chi connectivity index (χ0n) is 11.3. The van der Waals surface area contributed by atoms with E-state index in [4.69, 9.17) is 4.74 Å². The Hall–Kier alpha value is -0.870. The first-order valence-electron chi connectivity index (χ1n) is 6.52. The lowest BCUT2D eigenvalue weighted by Gasteiger charge is -2.28. The van der Waals surface area contributed by atoms with E-state index in [1.165, 1.54) is 24.8 Å². The average Bonchev–Trinajstić information content (AvgIpc) is 2.80. The zero-order chi connectivity index (χ0) is 13.1. The molecule has 1 N–H and O–H groups in total. The summed E-state index contributed by atoms with van der Waals surface area (Å²) in [5.41, 5.74) is 1.84. The maximum absolute atomic E-state index is 11.6. The highest BCUT2D eigenvalue weighted by atomic mass is 32.1. The second-order valence-corrected chi connectivity index (χ2v) is 5.92. The number of methoxy groups -OCH3 is 1. The van der Waals surface area contributed by atoms with Crippen molar-refractivity contribution in [2.75, 3.05) is 20.2 Å². The van der Waals surface area contributed by atoms with E-state index in [-0.39, 0.29) is 5.97 Å². The minimum atomic E-state index is -0.215. The molecule has 1 aliphatic rings. The van der Waals surface area contributed by atoms with Crippen LogP contribution in [-0.4, -0.2) is 26.2 Å². The number of ether oxygens (including phenoxy) is 1. The third-order valence-electron chi connectivity index (χ3n) is 3.99. The molecule has 4 heteroatoms. The number of rotatable bonds is 3. The number of hydrogen-bond donors (Lipinski definition) is 1. The molecule has 2 rings (SSSR count). The Kier molecular flexibility index (Phi) is 4.40. The maximum Gasteiger partial charge on any atom is 0.338 e. The highest BCUT2D eigenvalue weighted by Crippen LogP contribution is 2.37. The van der Waals surface area contributed by atoms with Gasteiger partial charge in [0.25, 0.3) is 0 Å². The number of piperidine rings is 1. The zero-order valence-corrected chi connectivity index (χ0v) is 12.1. The van der Waals surface area contributed by atoms with E-state index in [1.807, 2.05) is 12.3 Å². The lowest BCUT2D eigenvalue weighted by atomic mass is 9.84. The molecule has 1 aromatic heterocycles. The van der Waals surface area contributed by atoms with Crippen LogP contribution in [0, 0.1) is 12.8 Å². The van der Waals surface area contributed by atoms with E-state index in [0.29, 0.717) is 5.92 Å². The monoisotopic (exact) mass is 267 g/mol. The van der Waals surface area contributed by atoms with Gasteiger partial charge in [-0.15, -0.1) is 11.3 Å². The van der Waals surface area contributed by atoms with Gasteiger partial charge in [0.05, 0.1) is 12.7 Å². The highest BCUT2D eigenvalue weighted by molar-refractivity contribution is 7.10. The van der Waals surface area contributed by atoms with Crippen LogP contribution in [0.15, 0.2) is 5.38 Å². The molecule has 1 fully saturated rings. The van der Waals surface area contributed by atoms with Crippen LogP contribution >= 0.6 is 11.3 Å². The Labute approximate surface area is 113 Å². The lowest BCUT2D eigenvalue weighted by Crippen LogP contribution is -2.30. The smallest absolute Gasteiger partial charge is 0.338 e. The van der Waals surface area contributed by atoms with Crippen LogP contribution in [0.5, 0.6) is 0 Å². The van der Waals surface area contributed by atoms with Crippen LogP contribution in [0.4, 0.5) is 0 Å². The van der Waals surface area contributed by atoms with E-state index in [9.17, 15) is 4.79 Å². The van der Waals surface area contributed by atoms with Crippen LogP contribution in [0.2, 0.25) is 0 Å².